The molecule has 1 atom stereocenters. The standard InChI is InChI=1S/C18H27N3O3/c1-12-9-13(2)17(14(3)10-12)19-16(22)11-15(18(23)24)21-7-5-20(4)6-8-21/h9-10,15H,5-8,11H2,1-4H3,(H,19,22)(H,23,24). The molecule has 1 saturated heterocycles. The highest BCUT2D eigenvalue weighted by Gasteiger charge is 2.30. The van der Waals surface area contributed by atoms with Crippen molar-refractivity contribution in [3.63, 3.8) is 0 Å². The minimum atomic E-state index is -0.938. The number of carboxylic acid groups (broad SMARTS) is 1. The van der Waals surface area contributed by atoms with Crippen molar-refractivity contribution in [2.75, 3.05) is 38.5 Å². The van der Waals surface area contributed by atoms with Crippen LogP contribution in [0.3, 0.4) is 0 Å². The first-order valence-corrected chi connectivity index (χ1v) is 8.31. The van der Waals surface area contributed by atoms with Gasteiger partial charge in [0.15, 0.2) is 0 Å². The van der Waals surface area contributed by atoms with Crippen LogP contribution < -0.4 is 5.32 Å². The first-order chi connectivity index (χ1) is 11.3. The Morgan fingerprint density at radius 3 is 2.17 bits per heavy atom. The van der Waals surface area contributed by atoms with Crippen LogP contribution in [0.1, 0.15) is 23.1 Å². The summed E-state index contributed by atoms with van der Waals surface area (Å²) in [5.74, 6) is -1.19. The lowest BCUT2D eigenvalue weighted by Crippen LogP contribution is -2.52. The maximum absolute atomic E-state index is 12.4. The Labute approximate surface area is 143 Å². The van der Waals surface area contributed by atoms with Gasteiger partial charge in [-0.15, -0.1) is 0 Å². The molecule has 1 aromatic carbocycles. The maximum atomic E-state index is 12.4. The quantitative estimate of drug-likeness (QED) is 0.857. The molecule has 0 saturated carbocycles. The van der Waals surface area contributed by atoms with Crippen LogP contribution in [0.5, 0.6) is 0 Å². The molecular formula is C18H27N3O3. The summed E-state index contributed by atoms with van der Waals surface area (Å²) in [6, 6.07) is 3.25. The average Bonchev–Trinajstić information content (AvgIpc) is 2.49. The van der Waals surface area contributed by atoms with Crippen LogP contribution in [0.2, 0.25) is 0 Å². The van der Waals surface area contributed by atoms with Gasteiger partial charge in [0, 0.05) is 31.9 Å². The lowest BCUT2D eigenvalue weighted by Gasteiger charge is -2.35. The minimum Gasteiger partial charge on any atom is -0.480 e. The van der Waals surface area contributed by atoms with Crippen molar-refractivity contribution in [2.24, 2.45) is 0 Å². The topological polar surface area (TPSA) is 72.9 Å². The Balaban J connectivity index is 2.05. The molecule has 0 radical (unpaired) electrons. The van der Waals surface area contributed by atoms with Crippen LogP contribution in [0.4, 0.5) is 5.69 Å². The first kappa shape index (κ1) is 18.4. The molecule has 1 aliphatic heterocycles. The van der Waals surface area contributed by atoms with Gasteiger partial charge in [0.1, 0.15) is 6.04 Å². The fraction of sp³-hybridized carbons (Fsp3) is 0.556. The predicted octanol–water partition coefficient (Wildman–Crippen LogP) is 1.64. The number of benzene rings is 1. The third kappa shape index (κ3) is 4.55. The number of anilines is 1. The molecule has 0 spiro atoms. The van der Waals surface area contributed by atoms with E-state index in [1.54, 1.807) is 0 Å². The van der Waals surface area contributed by atoms with E-state index in [-0.39, 0.29) is 12.3 Å². The summed E-state index contributed by atoms with van der Waals surface area (Å²) in [6.07, 6.45) is -0.0359. The molecule has 1 aliphatic rings. The number of amides is 1. The summed E-state index contributed by atoms with van der Waals surface area (Å²) in [5.41, 5.74) is 3.91. The third-order valence-corrected chi connectivity index (χ3v) is 4.58. The molecule has 0 bridgehead atoms. The second kappa shape index (κ2) is 7.77. The fourth-order valence-electron chi connectivity index (χ4n) is 3.25. The van der Waals surface area contributed by atoms with Crippen LogP contribution in [0, 0.1) is 20.8 Å². The van der Waals surface area contributed by atoms with Gasteiger partial charge in [0.2, 0.25) is 5.91 Å². The predicted molar refractivity (Wildman–Crippen MR) is 94.4 cm³/mol. The number of nitrogens with zero attached hydrogens (tertiary/aromatic N) is 2. The Hall–Kier alpha value is -1.92. The number of aliphatic carboxylic acids is 1. The van der Waals surface area contributed by atoms with Gasteiger partial charge >= 0.3 is 5.97 Å². The monoisotopic (exact) mass is 333 g/mol. The molecule has 1 unspecified atom stereocenters. The highest BCUT2D eigenvalue weighted by molar-refractivity contribution is 5.95. The molecular weight excluding hydrogens is 306 g/mol. The zero-order valence-corrected chi connectivity index (χ0v) is 14.9. The lowest BCUT2D eigenvalue weighted by molar-refractivity contribution is -0.145. The molecule has 1 aromatic rings. The molecule has 0 aliphatic carbocycles. The summed E-state index contributed by atoms with van der Waals surface area (Å²) in [4.78, 5) is 28.1. The highest BCUT2D eigenvalue weighted by atomic mass is 16.4. The first-order valence-electron chi connectivity index (χ1n) is 8.31. The third-order valence-electron chi connectivity index (χ3n) is 4.58. The Bertz CT molecular complexity index is 599. The van der Waals surface area contributed by atoms with Crippen molar-refractivity contribution in [3.8, 4) is 0 Å². The van der Waals surface area contributed by atoms with Gasteiger partial charge in [-0.2, -0.15) is 0 Å². The van der Waals surface area contributed by atoms with E-state index in [4.69, 9.17) is 0 Å². The molecule has 132 valence electrons. The van der Waals surface area contributed by atoms with E-state index in [9.17, 15) is 14.7 Å². The number of carbonyl (C=O) groups is 2. The van der Waals surface area contributed by atoms with Crippen molar-refractivity contribution in [1.82, 2.24) is 9.80 Å². The Morgan fingerprint density at radius 1 is 1.12 bits per heavy atom. The lowest BCUT2D eigenvalue weighted by atomic mass is 10.0. The van der Waals surface area contributed by atoms with Crippen LogP contribution in [0.25, 0.3) is 0 Å². The number of piperazine rings is 1. The van der Waals surface area contributed by atoms with Gasteiger partial charge in [-0.25, -0.2) is 0 Å². The van der Waals surface area contributed by atoms with Gasteiger partial charge in [0.05, 0.1) is 6.42 Å². The minimum absolute atomic E-state index is 0.0359. The van der Waals surface area contributed by atoms with E-state index >= 15 is 0 Å². The Morgan fingerprint density at radius 2 is 1.67 bits per heavy atom. The van der Waals surface area contributed by atoms with Gasteiger partial charge in [-0.05, 0) is 38.9 Å². The summed E-state index contributed by atoms with van der Waals surface area (Å²) in [5, 5.41) is 12.4. The molecule has 0 aromatic heterocycles. The SMILES string of the molecule is Cc1cc(C)c(NC(=O)CC(C(=O)O)N2CCN(C)CC2)c(C)c1. The molecule has 2 N–H and O–H groups in total. The van der Waals surface area contributed by atoms with E-state index in [1.807, 2.05) is 44.9 Å². The highest BCUT2D eigenvalue weighted by Crippen LogP contribution is 2.22. The van der Waals surface area contributed by atoms with Crippen molar-refractivity contribution in [2.45, 2.75) is 33.2 Å². The van der Waals surface area contributed by atoms with E-state index < -0.39 is 12.0 Å². The maximum Gasteiger partial charge on any atom is 0.321 e. The largest absolute Gasteiger partial charge is 0.480 e. The van der Waals surface area contributed by atoms with Gasteiger partial charge in [0.25, 0.3) is 0 Å². The van der Waals surface area contributed by atoms with E-state index in [2.05, 4.69) is 10.2 Å². The summed E-state index contributed by atoms with van der Waals surface area (Å²) < 4.78 is 0. The molecule has 1 amide bonds. The van der Waals surface area contributed by atoms with Crippen LogP contribution in [-0.2, 0) is 9.59 Å². The van der Waals surface area contributed by atoms with Crippen molar-refractivity contribution >= 4 is 17.6 Å². The number of carboxylic acids is 1. The summed E-state index contributed by atoms with van der Waals surface area (Å²) in [6.45, 7) is 8.89. The van der Waals surface area contributed by atoms with Gasteiger partial charge in [-0.3, -0.25) is 14.5 Å². The normalized spacial score (nSPS) is 17.5. The Kier molecular flexibility index (Phi) is 5.96. The second-order valence-corrected chi connectivity index (χ2v) is 6.72. The second-order valence-electron chi connectivity index (χ2n) is 6.72. The molecule has 1 fully saturated rings. The number of nitrogens with one attached hydrogen (secondary N) is 1. The zero-order chi connectivity index (χ0) is 17.9. The molecule has 6 heteroatoms. The fourth-order valence-corrected chi connectivity index (χ4v) is 3.25. The van der Waals surface area contributed by atoms with E-state index in [1.165, 1.54) is 0 Å². The number of hydrogen-bond acceptors (Lipinski definition) is 4. The van der Waals surface area contributed by atoms with Gasteiger partial charge in [-0.1, -0.05) is 17.7 Å². The molecule has 2 rings (SSSR count). The molecule has 6 nitrogen and oxygen atoms in total. The molecule has 24 heavy (non-hydrogen) atoms. The average molecular weight is 333 g/mol. The number of hydrogen-bond donors (Lipinski definition) is 2. The van der Waals surface area contributed by atoms with Crippen molar-refractivity contribution < 1.29 is 14.7 Å². The number of aryl methyl sites for hydroxylation is 3. The van der Waals surface area contributed by atoms with E-state index in [0.29, 0.717) is 13.1 Å². The smallest absolute Gasteiger partial charge is 0.321 e. The summed E-state index contributed by atoms with van der Waals surface area (Å²) >= 11 is 0. The van der Waals surface area contributed by atoms with E-state index in [0.717, 1.165) is 35.5 Å². The van der Waals surface area contributed by atoms with Gasteiger partial charge < -0.3 is 15.3 Å². The van der Waals surface area contributed by atoms with Crippen LogP contribution in [-0.4, -0.2) is 66.1 Å². The van der Waals surface area contributed by atoms with Crippen LogP contribution >= 0.6 is 0 Å². The zero-order valence-electron chi connectivity index (χ0n) is 14.9. The molecule has 1 heterocycles. The van der Waals surface area contributed by atoms with Crippen LogP contribution in [0.15, 0.2) is 12.1 Å². The summed E-state index contributed by atoms with van der Waals surface area (Å²) in [7, 11) is 2.02. The number of rotatable bonds is 5. The number of likely N-dealkylation sites (N-methyl/N-ethyl adjacent to an activating group) is 1. The van der Waals surface area contributed by atoms with Crippen molar-refractivity contribution in [3.05, 3.63) is 28.8 Å². The number of carbonyl (C=O) groups excluding carboxylic acids is 1. The van der Waals surface area contributed by atoms with Crippen molar-refractivity contribution in [1.29, 1.82) is 0 Å².